The van der Waals surface area contributed by atoms with Crippen LogP contribution < -0.4 is 10.1 Å². The summed E-state index contributed by atoms with van der Waals surface area (Å²) in [6, 6.07) is 14.3. The number of hydrogen-bond acceptors (Lipinski definition) is 3. The molecule has 148 valence electrons. The van der Waals surface area contributed by atoms with E-state index in [-0.39, 0.29) is 36.6 Å². The molecule has 0 radical (unpaired) electrons. The van der Waals surface area contributed by atoms with Crippen molar-refractivity contribution < 1.29 is 27.5 Å². The van der Waals surface area contributed by atoms with Crippen molar-refractivity contribution in [3.63, 3.8) is 0 Å². The second-order valence-electron chi connectivity index (χ2n) is 6.60. The van der Waals surface area contributed by atoms with E-state index in [0.29, 0.717) is 5.69 Å². The molecule has 2 amide bonds. The molecule has 2 aromatic rings. The number of rotatable bonds is 5. The summed E-state index contributed by atoms with van der Waals surface area (Å²) in [6.07, 6.45) is -4.67. The van der Waals surface area contributed by atoms with E-state index >= 15 is 0 Å². The molecule has 2 aromatic carbocycles. The van der Waals surface area contributed by atoms with Gasteiger partial charge < -0.3 is 15.0 Å². The number of carbonyl (C=O) groups is 2. The van der Waals surface area contributed by atoms with Crippen molar-refractivity contribution in [2.75, 3.05) is 11.9 Å². The van der Waals surface area contributed by atoms with Crippen molar-refractivity contribution >= 4 is 17.5 Å². The van der Waals surface area contributed by atoms with Crippen LogP contribution in [0.2, 0.25) is 0 Å². The Morgan fingerprint density at radius 2 is 1.79 bits per heavy atom. The fourth-order valence-corrected chi connectivity index (χ4v) is 3.18. The first-order chi connectivity index (χ1) is 13.2. The van der Waals surface area contributed by atoms with Crippen LogP contribution in [0, 0.1) is 5.92 Å². The van der Waals surface area contributed by atoms with Gasteiger partial charge in [0.15, 0.2) is 0 Å². The molecular weight excluding hydrogens is 373 g/mol. The van der Waals surface area contributed by atoms with Gasteiger partial charge in [-0.25, -0.2) is 0 Å². The Labute approximate surface area is 160 Å². The number of nitrogens with zero attached hydrogens (tertiary/aromatic N) is 1. The largest absolute Gasteiger partial charge is 0.573 e. The van der Waals surface area contributed by atoms with Gasteiger partial charge in [-0.2, -0.15) is 0 Å². The fourth-order valence-electron chi connectivity index (χ4n) is 3.18. The molecule has 2 atom stereocenters. The molecule has 1 heterocycles. The lowest BCUT2D eigenvalue weighted by molar-refractivity contribution is -0.274. The minimum Gasteiger partial charge on any atom is -0.406 e. The lowest BCUT2D eigenvalue weighted by atomic mass is 10.1. The van der Waals surface area contributed by atoms with Gasteiger partial charge in [0.2, 0.25) is 11.8 Å². The summed E-state index contributed by atoms with van der Waals surface area (Å²) in [4.78, 5) is 26.5. The van der Waals surface area contributed by atoms with Gasteiger partial charge in [0, 0.05) is 18.7 Å². The number of ether oxygens (including phenoxy) is 1. The first-order valence-electron chi connectivity index (χ1n) is 8.74. The van der Waals surface area contributed by atoms with E-state index in [1.54, 1.807) is 4.90 Å². The summed E-state index contributed by atoms with van der Waals surface area (Å²) >= 11 is 0. The van der Waals surface area contributed by atoms with Crippen LogP contribution in [0.1, 0.15) is 24.9 Å². The maximum absolute atomic E-state index is 12.5. The lowest BCUT2D eigenvalue weighted by Gasteiger charge is -2.25. The summed E-state index contributed by atoms with van der Waals surface area (Å²) in [7, 11) is 0. The maximum atomic E-state index is 12.5. The van der Waals surface area contributed by atoms with Gasteiger partial charge in [0.1, 0.15) is 5.75 Å². The van der Waals surface area contributed by atoms with Crippen molar-refractivity contribution in [2.45, 2.75) is 25.7 Å². The van der Waals surface area contributed by atoms with E-state index in [9.17, 15) is 22.8 Å². The third kappa shape index (κ3) is 4.82. The van der Waals surface area contributed by atoms with Gasteiger partial charge in [0.25, 0.3) is 0 Å². The maximum Gasteiger partial charge on any atom is 0.573 e. The smallest absolute Gasteiger partial charge is 0.406 e. The minimum absolute atomic E-state index is 0.0955. The Balaban J connectivity index is 1.60. The summed E-state index contributed by atoms with van der Waals surface area (Å²) in [5.74, 6) is -1.35. The van der Waals surface area contributed by atoms with Crippen molar-refractivity contribution in [1.29, 1.82) is 0 Å². The predicted octanol–water partition coefficient (Wildman–Crippen LogP) is 4.13. The molecule has 0 aliphatic carbocycles. The van der Waals surface area contributed by atoms with Gasteiger partial charge in [-0.15, -0.1) is 13.2 Å². The summed E-state index contributed by atoms with van der Waals surface area (Å²) < 4.78 is 40.4. The van der Waals surface area contributed by atoms with Crippen LogP contribution in [0.5, 0.6) is 5.75 Å². The van der Waals surface area contributed by atoms with Crippen LogP contribution in [0.3, 0.4) is 0 Å². The standard InChI is InChI=1S/C20H19F3N2O3/c1-13(14-5-3-2-4-6-14)25-12-15(11-18(25)26)19(27)24-16-7-9-17(10-8-16)28-20(21,22)23/h2-10,13,15H,11-12H2,1H3,(H,24,27). The molecule has 8 heteroatoms. The minimum atomic E-state index is -4.77. The Morgan fingerprint density at radius 1 is 1.14 bits per heavy atom. The van der Waals surface area contributed by atoms with Crippen LogP contribution >= 0.6 is 0 Å². The van der Waals surface area contributed by atoms with E-state index in [1.807, 2.05) is 37.3 Å². The molecule has 1 N–H and O–H groups in total. The van der Waals surface area contributed by atoms with Gasteiger partial charge in [0.05, 0.1) is 12.0 Å². The number of alkyl halides is 3. The highest BCUT2D eigenvalue weighted by atomic mass is 19.4. The highest BCUT2D eigenvalue weighted by Crippen LogP contribution is 2.29. The number of likely N-dealkylation sites (tertiary alicyclic amines) is 1. The molecule has 0 spiro atoms. The topological polar surface area (TPSA) is 58.6 Å². The third-order valence-corrected chi connectivity index (χ3v) is 4.63. The van der Waals surface area contributed by atoms with E-state index in [2.05, 4.69) is 10.1 Å². The Hall–Kier alpha value is -3.03. The molecule has 28 heavy (non-hydrogen) atoms. The molecule has 5 nitrogen and oxygen atoms in total. The molecule has 1 aliphatic rings. The van der Waals surface area contributed by atoms with Crippen LogP contribution in [-0.4, -0.2) is 29.6 Å². The number of benzene rings is 2. The number of hydrogen-bond donors (Lipinski definition) is 1. The van der Waals surface area contributed by atoms with Crippen LogP contribution in [0.25, 0.3) is 0 Å². The van der Waals surface area contributed by atoms with Gasteiger partial charge in [-0.1, -0.05) is 30.3 Å². The molecule has 0 bridgehead atoms. The average Bonchev–Trinajstić information content (AvgIpc) is 3.04. The Bertz CT molecular complexity index is 838. The molecule has 2 unspecified atom stereocenters. The normalized spacial score (nSPS) is 18.1. The van der Waals surface area contributed by atoms with Crippen molar-refractivity contribution in [3.8, 4) is 5.75 Å². The number of anilines is 1. The molecule has 0 saturated carbocycles. The zero-order valence-corrected chi connectivity index (χ0v) is 15.1. The first-order valence-corrected chi connectivity index (χ1v) is 8.74. The quantitative estimate of drug-likeness (QED) is 0.832. The predicted molar refractivity (Wildman–Crippen MR) is 96.4 cm³/mol. The second-order valence-corrected chi connectivity index (χ2v) is 6.60. The lowest BCUT2D eigenvalue weighted by Crippen LogP contribution is -2.30. The van der Waals surface area contributed by atoms with Crippen molar-refractivity contribution in [3.05, 3.63) is 60.2 Å². The van der Waals surface area contributed by atoms with E-state index < -0.39 is 12.3 Å². The van der Waals surface area contributed by atoms with Gasteiger partial charge >= 0.3 is 6.36 Å². The van der Waals surface area contributed by atoms with E-state index in [1.165, 1.54) is 12.1 Å². The molecule has 1 aliphatic heterocycles. The number of halogens is 3. The fraction of sp³-hybridized carbons (Fsp3) is 0.300. The van der Waals surface area contributed by atoms with Gasteiger partial charge in [-0.05, 0) is 36.8 Å². The molecule has 1 fully saturated rings. The van der Waals surface area contributed by atoms with Crippen molar-refractivity contribution in [2.24, 2.45) is 5.92 Å². The molecule has 0 aromatic heterocycles. The zero-order chi connectivity index (χ0) is 20.3. The third-order valence-electron chi connectivity index (χ3n) is 4.63. The monoisotopic (exact) mass is 392 g/mol. The van der Waals surface area contributed by atoms with Crippen LogP contribution in [0.15, 0.2) is 54.6 Å². The number of carbonyl (C=O) groups excluding carboxylic acids is 2. The van der Waals surface area contributed by atoms with E-state index in [4.69, 9.17) is 0 Å². The van der Waals surface area contributed by atoms with Crippen LogP contribution in [0.4, 0.5) is 18.9 Å². The Morgan fingerprint density at radius 3 is 2.39 bits per heavy atom. The highest BCUT2D eigenvalue weighted by Gasteiger charge is 2.37. The molecule has 1 saturated heterocycles. The highest BCUT2D eigenvalue weighted by molar-refractivity contribution is 5.97. The molecular formula is C20H19F3N2O3. The summed E-state index contributed by atoms with van der Waals surface area (Å²) in [5.41, 5.74) is 1.32. The number of amides is 2. The number of nitrogens with one attached hydrogen (secondary N) is 1. The average molecular weight is 392 g/mol. The van der Waals surface area contributed by atoms with E-state index in [0.717, 1.165) is 17.7 Å². The SMILES string of the molecule is CC(c1ccccc1)N1CC(C(=O)Nc2ccc(OC(F)(F)F)cc2)CC1=O. The summed E-state index contributed by atoms with van der Waals surface area (Å²) in [6.45, 7) is 2.20. The molecule has 3 rings (SSSR count). The van der Waals surface area contributed by atoms with Crippen molar-refractivity contribution in [1.82, 2.24) is 4.90 Å². The van der Waals surface area contributed by atoms with Crippen LogP contribution in [-0.2, 0) is 9.59 Å². The zero-order valence-electron chi connectivity index (χ0n) is 15.1. The summed E-state index contributed by atoms with van der Waals surface area (Å²) in [5, 5.41) is 2.64. The Kier molecular flexibility index (Phi) is 5.58. The second kappa shape index (κ2) is 7.92. The van der Waals surface area contributed by atoms with Gasteiger partial charge in [-0.3, -0.25) is 9.59 Å². The first kappa shape index (κ1) is 19.7.